The minimum Gasteiger partial charge on any atom is -0.495 e. The number of halogens is 1. The SMILES string of the molecule is COc1ccc(CNc2nc(N3CCN(C)C(c4ccco4)C3)ncc2C(=O)NC2CCC(O)CC2)cc1Cl. The molecule has 3 heterocycles. The zero-order valence-corrected chi connectivity index (χ0v) is 23.0. The van der Waals surface area contributed by atoms with Crippen LogP contribution in [0.25, 0.3) is 0 Å². The molecule has 208 valence electrons. The highest BCUT2D eigenvalue weighted by atomic mass is 35.5. The fourth-order valence-electron chi connectivity index (χ4n) is 5.16. The van der Waals surface area contributed by atoms with Gasteiger partial charge in [-0.1, -0.05) is 17.7 Å². The Labute approximate surface area is 233 Å². The molecule has 1 unspecified atom stereocenters. The molecular formula is C28H35ClN6O4. The summed E-state index contributed by atoms with van der Waals surface area (Å²) in [6.07, 6.45) is 5.85. The number of ether oxygens (including phenoxy) is 1. The monoisotopic (exact) mass is 554 g/mol. The van der Waals surface area contributed by atoms with Crippen molar-refractivity contribution in [3.05, 3.63) is 64.7 Å². The van der Waals surface area contributed by atoms with E-state index in [9.17, 15) is 9.90 Å². The number of aromatic nitrogens is 2. The lowest BCUT2D eigenvalue weighted by atomic mass is 9.93. The average molecular weight is 555 g/mol. The van der Waals surface area contributed by atoms with Crippen LogP contribution in [0.2, 0.25) is 5.02 Å². The van der Waals surface area contributed by atoms with Gasteiger partial charge < -0.3 is 29.8 Å². The van der Waals surface area contributed by atoms with Crippen molar-refractivity contribution in [3.8, 4) is 5.75 Å². The number of furan rings is 1. The molecule has 39 heavy (non-hydrogen) atoms. The van der Waals surface area contributed by atoms with Crippen molar-refractivity contribution in [1.82, 2.24) is 20.2 Å². The lowest BCUT2D eigenvalue weighted by molar-refractivity contribution is 0.0867. The number of aliphatic hydroxyl groups is 1. The number of likely N-dealkylation sites (N-methyl/N-ethyl adjacent to an activating group) is 1. The number of piperazine rings is 1. The number of aliphatic hydroxyl groups excluding tert-OH is 1. The standard InChI is InChI=1S/C28H35ClN6O4/c1-34-11-12-35(17-23(34)25-4-3-13-39-25)28-31-16-21(27(37)32-19-6-8-20(36)9-7-19)26(33-28)30-15-18-5-10-24(38-2)22(29)14-18/h3-5,10,13-14,16,19-20,23,36H,6-9,11-12,15,17H2,1-2H3,(H,32,37)(H,30,31,33). The summed E-state index contributed by atoms with van der Waals surface area (Å²) in [6, 6.07) is 9.52. The van der Waals surface area contributed by atoms with Gasteiger partial charge in [-0.3, -0.25) is 9.69 Å². The number of hydrogen-bond donors (Lipinski definition) is 3. The fraction of sp³-hybridized carbons (Fsp3) is 0.464. The molecule has 5 rings (SSSR count). The van der Waals surface area contributed by atoms with E-state index >= 15 is 0 Å². The van der Waals surface area contributed by atoms with Crippen LogP contribution in [0.5, 0.6) is 5.75 Å². The molecule has 1 aliphatic heterocycles. The van der Waals surface area contributed by atoms with Crippen LogP contribution in [-0.2, 0) is 6.54 Å². The van der Waals surface area contributed by atoms with Gasteiger partial charge in [0.15, 0.2) is 0 Å². The summed E-state index contributed by atoms with van der Waals surface area (Å²) in [4.78, 5) is 27.2. The molecule has 11 heteroatoms. The second kappa shape index (κ2) is 12.2. The Balaban J connectivity index is 1.38. The van der Waals surface area contributed by atoms with Gasteiger partial charge in [-0.15, -0.1) is 0 Å². The van der Waals surface area contributed by atoms with E-state index in [1.54, 1.807) is 19.6 Å². The summed E-state index contributed by atoms with van der Waals surface area (Å²) in [7, 11) is 3.66. The molecule has 10 nitrogen and oxygen atoms in total. The number of nitrogens with zero attached hydrogens (tertiary/aromatic N) is 4. The van der Waals surface area contributed by atoms with Crippen molar-refractivity contribution in [2.24, 2.45) is 0 Å². The van der Waals surface area contributed by atoms with Crippen LogP contribution in [0.4, 0.5) is 11.8 Å². The highest BCUT2D eigenvalue weighted by molar-refractivity contribution is 6.32. The first-order chi connectivity index (χ1) is 18.9. The molecule has 2 aromatic heterocycles. The smallest absolute Gasteiger partial charge is 0.256 e. The first kappa shape index (κ1) is 27.2. The van der Waals surface area contributed by atoms with E-state index in [0.717, 1.165) is 37.3 Å². The van der Waals surface area contributed by atoms with Gasteiger partial charge in [-0.05, 0) is 62.6 Å². The van der Waals surface area contributed by atoms with Gasteiger partial charge >= 0.3 is 0 Å². The van der Waals surface area contributed by atoms with Crippen LogP contribution in [0, 0.1) is 0 Å². The number of carbonyl (C=O) groups is 1. The van der Waals surface area contributed by atoms with E-state index in [1.807, 2.05) is 30.3 Å². The lowest BCUT2D eigenvalue weighted by Gasteiger charge is -2.38. The molecule has 0 bridgehead atoms. The third-order valence-electron chi connectivity index (χ3n) is 7.53. The molecule has 3 aromatic rings. The highest BCUT2D eigenvalue weighted by Crippen LogP contribution is 2.29. The third-order valence-corrected chi connectivity index (χ3v) is 7.83. The number of carbonyl (C=O) groups excluding carboxylic acids is 1. The van der Waals surface area contributed by atoms with Crippen LogP contribution in [-0.4, -0.2) is 71.8 Å². The number of amides is 1. The van der Waals surface area contributed by atoms with E-state index in [2.05, 4.69) is 32.5 Å². The Morgan fingerprint density at radius 2 is 2.05 bits per heavy atom. The number of rotatable bonds is 8. The molecule has 2 fully saturated rings. The Bertz CT molecular complexity index is 1260. The van der Waals surface area contributed by atoms with Crippen molar-refractivity contribution < 1.29 is 19.1 Å². The van der Waals surface area contributed by atoms with Gasteiger partial charge in [0.25, 0.3) is 5.91 Å². The van der Waals surface area contributed by atoms with E-state index in [-0.39, 0.29) is 24.1 Å². The second-order valence-electron chi connectivity index (χ2n) is 10.2. The molecule has 0 spiro atoms. The maximum absolute atomic E-state index is 13.3. The van der Waals surface area contributed by atoms with Crippen LogP contribution >= 0.6 is 11.6 Å². The number of methoxy groups -OCH3 is 1. The molecule has 1 atom stereocenters. The van der Waals surface area contributed by atoms with Crippen molar-refractivity contribution in [1.29, 1.82) is 0 Å². The van der Waals surface area contributed by atoms with E-state index in [1.165, 1.54) is 0 Å². The summed E-state index contributed by atoms with van der Waals surface area (Å²) in [6.45, 7) is 2.64. The van der Waals surface area contributed by atoms with E-state index < -0.39 is 0 Å². The number of hydrogen-bond acceptors (Lipinski definition) is 9. The van der Waals surface area contributed by atoms with Crippen LogP contribution in [0.15, 0.2) is 47.2 Å². The summed E-state index contributed by atoms with van der Waals surface area (Å²) in [5.74, 6) is 2.26. The first-order valence-corrected chi connectivity index (χ1v) is 13.7. The quantitative estimate of drug-likeness (QED) is 0.381. The first-order valence-electron chi connectivity index (χ1n) is 13.3. The second-order valence-corrected chi connectivity index (χ2v) is 10.6. The van der Waals surface area contributed by atoms with Gasteiger partial charge in [-0.25, -0.2) is 4.98 Å². The van der Waals surface area contributed by atoms with Crippen LogP contribution in [0.3, 0.4) is 0 Å². The molecule has 0 radical (unpaired) electrons. The van der Waals surface area contributed by atoms with Gasteiger partial charge in [0.2, 0.25) is 5.95 Å². The maximum atomic E-state index is 13.3. The van der Waals surface area contributed by atoms with Crippen molar-refractivity contribution in [3.63, 3.8) is 0 Å². The topological polar surface area (TPSA) is 116 Å². The summed E-state index contributed by atoms with van der Waals surface area (Å²) in [5.41, 5.74) is 1.30. The molecule has 1 aromatic carbocycles. The lowest BCUT2D eigenvalue weighted by Crippen LogP contribution is -2.47. The van der Waals surface area contributed by atoms with Gasteiger partial charge in [0, 0.05) is 38.4 Å². The van der Waals surface area contributed by atoms with E-state index in [4.69, 9.17) is 25.7 Å². The number of nitrogens with one attached hydrogen (secondary N) is 2. The minimum atomic E-state index is -0.289. The number of anilines is 2. The Kier molecular flexibility index (Phi) is 8.54. The Morgan fingerprint density at radius 1 is 1.23 bits per heavy atom. The van der Waals surface area contributed by atoms with Crippen molar-refractivity contribution >= 4 is 29.3 Å². The minimum absolute atomic E-state index is 0.0144. The van der Waals surface area contributed by atoms with Gasteiger partial charge in [0.1, 0.15) is 22.9 Å². The third kappa shape index (κ3) is 6.46. The molecule has 1 aliphatic carbocycles. The fourth-order valence-corrected chi connectivity index (χ4v) is 5.44. The maximum Gasteiger partial charge on any atom is 0.256 e. The summed E-state index contributed by atoms with van der Waals surface area (Å²) in [5, 5.41) is 16.8. The zero-order chi connectivity index (χ0) is 27.4. The summed E-state index contributed by atoms with van der Waals surface area (Å²) >= 11 is 6.33. The van der Waals surface area contributed by atoms with Gasteiger partial charge in [-0.2, -0.15) is 4.98 Å². The normalized spacial score (nSPS) is 21.9. The highest BCUT2D eigenvalue weighted by Gasteiger charge is 2.30. The predicted molar refractivity (Wildman–Crippen MR) is 149 cm³/mol. The Morgan fingerprint density at radius 3 is 2.77 bits per heavy atom. The predicted octanol–water partition coefficient (Wildman–Crippen LogP) is 3.87. The largest absolute Gasteiger partial charge is 0.495 e. The van der Waals surface area contributed by atoms with Gasteiger partial charge in [0.05, 0.1) is 30.5 Å². The molecular weight excluding hydrogens is 520 g/mol. The molecule has 1 saturated heterocycles. The zero-order valence-electron chi connectivity index (χ0n) is 22.3. The van der Waals surface area contributed by atoms with Crippen molar-refractivity contribution in [2.75, 3.05) is 44.0 Å². The van der Waals surface area contributed by atoms with E-state index in [0.29, 0.717) is 54.0 Å². The van der Waals surface area contributed by atoms with Crippen LogP contribution in [0.1, 0.15) is 53.4 Å². The molecule has 2 aliphatic rings. The molecule has 3 N–H and O–H groups in total. The molecule has 1 amide bonds. The van der Waals surface area contributed by atoms with Crippen LogP contribution < -0.4 is 20.3 Å². The molecule has 1 saturated carbocycles. The Hall–Kier alpha value is -3.34. The van der Waals surface area contributed by atoms with Crippen molar-refractivity contribution in [2.45, 2.75) is 50.4 Å². The average Bonchev–Trinajstić information content (AvgIpc) is 3.48. The summed E-state index contributed by atoms with van der Waals surface area (Å²) < 4.78 is 10.9. The number of benzene rings is 1.